The fraction of sp³-hybridized carbons (Fsp3) is 0.500. The number of hydrogen-bond donors (Lipinski definition) is 1. The van der Waals surface area contributed by atoms with Crippen molar-refractivity contribution >= 4 is 21.8 Å². The summed E-state index contributed by atoms with van der Waals surface area (Å²) in [4.78, 5) is 0. The Bertz CT molecular complexity index is 562. The maximum Gasteiger partial charge on any atom is 0.280 e. The van der Waals surface area contributed by atoms with Crippen LogP contribution >= 0.6 is 11.6 Å². The molecule has 1 aliphatic heterocycles. The van der Waals surface area contributed by atoms with E-state index >= 15 is 0 Å². The Morgan fingerprint density at radius 2 is 1.76 bits per heavy atom. The second-order valence-corrected chi connectivity index (χ2v) is 6.64. The van der Waals surface area contributed by atoms with Gasteiger partial charge in [0, 0.05) is 18.1 Å². The van der Waals surface area contributed by atoms with Crippen LogP contribution in [-0.4, -0.2) is 45.5 Å². The molecular formula is C12H15ClF2N2O3S. The quantitative estimate of drug-likeness (QED) is 0.889. The molecule has 5 nitrogen and oxygen atoms in total. The van der Waals surface area contributed by atoms with Gasteiger partial charge < -0.3 is 4.74 Å². The molecule has 1 N–H and O–H groups in total. The van der Waals surface area contributed by atoms with E-state index in [0.717, 1.165) is 4.31 Å². The maximum atomic E-state index is 13.2. The highest BCUT2D eigenvalue weighted by atomic mass is 35.5. The van der Waals surface area contributed by atoms with E-state index in [0.29, 0.717) is 5.02 Å². The molecule has 0 radical (unpaired) electrons. The molecule has 1 heterocycles. The zero-order valence-corrected chi connectivity index (χ0v) is 12.6. The number of morpholine rings is 1. The predicted molar refractivity (Wildman–Crippen MR) is 74.6 cm³/mol. The molecule has 1 atom stereocenters. The molecule has 21 heavy (non-hydrogen) atoms. The lowest BCUT2D eigenvalue weighted by atomic mass is 10.1. The largest absolute Gasteiger partial charge is 0.379 e. The van der Waals surface area contributed by atoms with Crippen LogP contribution in [0.3, 0.4) is 0 Å². The summed E-state index contributed by atoms with van der Waals surface area (Å²) in [5, 5.41) is 0.391. The van der Waals surface area contributed by atoms with Crippen molar-refractivity contribution in [3.63, 3.8) is 0 Å². The van der Waals surface area contributed by atoms with Gasteiger partial charge in [0.2, 0.25) is 0 Å². The molecule has 1 fully saturated rings. The van der Waals surface area contributed by atoms with Crippen LogP contribution in [-0.2, 0) is 14.9 Å². The molecule has 1 aromatic carbocycles. The molecule has 2 rings (SSSR count). The summed E-state index contributed by atoms with van der Waals surface area (Å²) >= 11 is 5.70. The van der Waals surface area contributed by atoms with Crippen molar-refractivity contribution in [2.75, 3.05) is 26.3 Å². The lowest BCUT2D eigenvalue weighted by molar-refractivity contribution is 0.0703. The molecule has 0 aliphatic carbocycles. The van der Waals surface area contributed by atoms with Crippen molar-refractivity contribution in [3.8, 4) is 0 Å². The molecule has 0 amide bonds. The summed E-state index contributed by atoms with van der Waals surface area (Å²) < 4.78 is 58.8. The van der Waals surface area contributed by atoms with Gasteiger partial charge in [-0.25, -0.2) is 8.78 Å². The molecule has 0 aromatic heterocycles. The molecular weight excluding hydrogens is 326 g/mol. The van der Waals surface area contributed by atoms with Crippen LogP contribution in [0.4, 0.5) is 8.78 Å². The van der Waals surface area contributed by atoms with Crippen LogP contribution in [0, 0.1) is 0 Å². The van der Waals surface area contributed by atoms with Gasteiger partial charge in [-0.05, 0) is 17.7 Å². The second kappa shape index (κ2) is 6.97. The summed E-state index contributed by atoms with van der Waals surface area (Å²) in [6.07, 6.45) is -2.87. The Labute approximate surface area is 127 Å². The van der Waals surface area contributed by atoms with Crippen LogP contribution in [0.1, 0.15) is 11.6 Å². The van der Waals surface area contributed by atoms with Gasteiger partial charge in [0.15, 0.2) is 0 Å². The number of benzene rings is 1. The zero-order chi connectivity index (χ0) is 15.5. The van der Waals surface area contributed by atoms with Crippen molar-refractivity contribution in [1.29, 1.82) is 0 Å². The minimum atomic E-state index is -4.00. The van der Waals surface area contributed by atoms with E-state index in [1.165, 1.54) is 24.3 Å². The van der Waals surface area contributed by atoms with Crippen LogP contribution < -0.4 is 4.72 Å². The number of halogens is 3. The number of nitrogens with zero attached hydrogens (tertiary/aromatic N) is 1. The number of nitrogens with one attached hydrogen (secondary N) is 1. The smallest absolute Gasteiger partial charge is 0.280 e. The molecule has 1 aromatic rings. The lowest BCUT2D eigenvalue weighted by Gasteiger charge is -2.28. The Balaban J connectivity index is 2.17. The lowest BCUT2D eigenvalue weighted by Crippen LogP contribution is -2.48. The zero-order valence-electron chi connectivity index (χ0n) is 11.0. The number of hydrogen-bond acceptors (Lipinski definition) is 3. The van der Waals surface area contributed by atoms with Gasteiger partial charge in [0.1, 0.15) is 6.04 Å². The van der Waals surface area contributed by atoms with Crippen molar-refractivity contribution in [2.45, 2.75) is 12.5 Å². The summed E-state index contributed by atoms with van der Waals surface area (Å²) in [6.45, 7) is 0.792. The minimum absolute atomic E-state index is 0.145. The van der Waals surface area contributed by atoms with Crippen LogP contribution in [0.15, 0.2) is 24.3 Å². The number of alkyl halides is 2. The monoisotopic (exact) mass is 340 g/mol. The second-order valence-electron chi connectivity index (χ2n) is 4.50. The van der Waals surface area contributed by atoms with E-state index in [2.05, 4.69) is 0 Å². The minimum Gasteiger partial charge on any atom is -0.379 e. The fourth-order valence-corrected chi connectivity index (χ4v) is 3.42. The van der Waals surface area contributed by atoms with Crippen LogP contribution in [0.5, 0.6) is 0 Å². The van der Waals surface area contributed by atoms with Crippen LogP contribution in [0.25, 0.3) is 0 Å². The van der Waals surface area contributed by atoms with E-state index in [1.807, 2.05) is 4.72 Å². The van der Waals surface area contributed by atoms with Gasteiger partial charge in [0.25, 0.3) is 16.6 Å². The topological polar surface area (TPSA) is 58.6 Å². The standard InChI is InChI=1S/C12H15ClF2N2O3S/c13-10-3-1-9(2-4-10)11(12(14)15)16-21(18,19)17-5-7-20-8-6-17/h1-4,11-12,16H,5-8H2/t11-/m1/s1. The Morgan fingerprint density at radius 1 is 1.19 bits per heavy atom. The fourth-order valence-electron chi connectivity index (χ4n) is 1.96. The van der Waals surface area contributed by atoms with E-state index in [4.69, 9.17) is 16.3 Å². The first-order valence-electron chi connectivity index (χ1n) is 6.29. The van der Waals surface area contributed by atoms with Crippen molar-refractivity contribution in [1.82, 2.24) is 9.03 Å². The van der Waals surface area contributed by atoms with Crippen molar-refractivity contribution < 1.29 is 21.9 Å². The molecule has 0 unspecified atom stereocenters. The summed E-state index contributed by atoms with van der Waals surface area (Å²) in [7, 11) is -4.00. The first kappa shape index (κ1) is 16.6. The third-order valence-corrected chi connectivity index (χ3v) is 4.92. The molecule has 1 saturated heterocycles. The van der Waals surface area contributed by atoms with E-state index in [-0.39, 0.29) is 31.9 Å². The molecule has 0 bridgehead atoms. The van der Waals surface area contributed by atoms with Crippen molar-refractivity contribution in [2.24, 2.45) is 0 Å². The normalized spacial score (nSPS) is 18.9. The third-order valence-electron chi connectivity index (χ3n) is 3.07. The first-order chi connectivity index (χ1) is 9.90. The van der Waals surface area contributed by atoms with Gasteiger partial charge in [-0.3, -0.25) is 0 Å². The van der Waals surface area contributed by atoms with E-state index < -0.39 is 22.7 Å². The Kier molecular flexibility index (Phi) is 5.50. The maximum absolute atomic E-state index is 13.2. The molecule has 0 saturated carbocycles. The average molecular weight is 341 g/mol. The first-order valence-corrected chi connectivity index (χ1v) is 8.11. The molecule has 9 heteroatoms. The van der Waals surface area contributed by atoms with Gasteiger partial charge >= 0.3 is 0 Å². The van der Waals surface area contributed by atoms with Gasteiger partial charge in [-0.1, -0.05) is 23.7 Å². The molecule has 1 aliphatic rings. The highest BCUT2D eigenvalue weighted by Crippen LogP contribution is 2.24. The Hall–Kier alpha value is -0.800. The predicted octanol–water partition coefficient (Wildman–Crippen LogP) is 1.81. The Morgan fingerprint density at radius 3 is 2.29 bits per heavy atom. The van der Waals surface area contributed by atoms with E-state index in [9.17, 15) is 17.2 Å². The van der Waals surface area contributed by atoms with Gasteiger partial charge in [-0.2, -0.15) is 17.4 Å². The third kappa shape index (κ3) is 4.33. The SMILES string of the molecule is O=S(=O)(N[C@H](c1ccc(Cl)cc1)C(F)F)N1CCOCC1. The average Bonchev–Trinajstić information content (AvgIpc) is 2.47. The van der Waals surface area contributed by atoms with Crippen molar-refractivity contribution in [3.05, 3.63) is 34.9 Å². The molecule has 118 valence electrons. The van der Waals surface area contributed by atoms with Crippen LogP contribution in [0.2, 0.25) is 5.02 Å². The highest BCUT2D eigenvalue weighted by Gasteiger charge is 2.32. The number of rotatable bonds is 5. The van der Waals surface area contributed by atoms with Gasteiger partial charge in [-0.15, -0.1) is 0 Å². The van der Waals surface area contributed by atoms with Gasteiger partial charge in [0.05, 0.1) is 13.2 Å². The summed E-state index contributed by atoms with van der Waals surface area (Å²) in [6, 6.07) is 4.02. The summed E-state index contributed by atoms with van der Waals surface area (Å²) in [5.74, 6) is 0. The summed E-state index contributed by atoms with van der Waals surface area (Å²) in [5.41, 5.74) is 0.159. The molecule has 0 spiro atoms. The highest BCUT2D eigenvalue weighted by molar-refractivity contribution is 7.87. The van der Waals surface area contributed by atoms with E-state index in [1.54, 1.807) is 0 Å². The number of ether oxygens (including phenoxy) is 1.